The van der Waals surface area contributed by atoms with Crippen LogP contribution in [0.3, 0.4) is 0 Å². The summed E-state index contributed by atoms with van der Waals surface area (Å²) in [5, 5.41) is 3.34. The van der Waals surface area contributed by atoms with Gasteiger partial charge in [0.1, 0.15) is 0 Å². The van der Waals surface area contributed by atoms with Gasteiger partial charge in [-0.25, -0.2) is 13.1 Å². The Bertz CT molecular complexity index is 1010. The van der Waals surface area contributed by atoms with E-state index in [9.17, 15) is 18.0 Å². The molecule has 1 fully saturated rings. The predicted molar refractivity (Wildman–Crippen MR) is 120 cm³/mol. The Labute approximate surface area is 192 Å². The number of benzene rings is 2. The first-order chi connectivity index (χ1) is 15.3. The van der Waals surface area contributed by atoms with Crippen LogP contribution in [-0.2, 0) is 30.9 Å². The number of hydrogen-bond acceptors (Lipinski definition) is 5. The molecule has 1 atom stereocenters. The molecule has 32 heavy (non-hydrogen) atoms. The third-order valence-electron chi connectivity index (χ3n) is 4.99. The van der Waals surface area contributed by atoms with E-state index in [1.807, 2.05) is 0 Å². The third kappa shape index (κ3) is 7.30. The number of rotatable bonds is 10. The van der Waals surface area contributed by atoms with Crippen LogP contribution in [0.15, 0.2) is 59.5 Å². The second-order valence-electron chi connectivity index (χ2n) is 7.45. The van der Waals surface area contributed by atoms with E-state index in [0.717, 1.165) is 18.4 Å². The summed E-state index contributed by atoms with van der Waals surface area (Å²) in [5.41, 5.74) is 0.764. The largest absolute Gasteiger partial charge is 0.376 e. The topological polar surface area (TPSA) is 105 Å². The highest BCUT2D eigenvalue weighted by atomic mass is 35.5. The van der Waals surface area contributed by atoms with E-state index in [1.54, 1.807) is 42.5 Å². The fraction of sp³-hybridized carbons (Fsp3) is 0.364. The molecule has 1 aliphatic heterocycles. The van der Waals surface area contributed by atoms with Gasteiger partial charge in [0, 0.05) is 24.7 Å². The summed E-state index contributed by atoms with van der Waals surface area (Å²) in [5.74, 6) is -0.861. The molecule has 0 unspecified atom stereocenters. The number of nitrogens with one attached hydrogen (secondary N) is 2. The summed E-state index contributed by atoms with van der Waals surface area (Å²) in [7, 11) is -3.85. The van der Waals surface area contributed by atoms with Crippen molar-refractivity contribution in [3.63, 3.8) is 0 Å². The lowest BCUT2D eigenvalue weighted by molar-refractivity contribution is -0.135. The van der Waals surface area contributed by atoms with Crippen LogP contribution in [0.25, 0.3) is 0 Å². The molecule has 8 nitrogen and oxygen atoms in total. The molecule has 2 aromatic carbocycles. The number of ether oxygens (including phenoxy) is 1. The first-order valence-electron chi connectivity index (χ1n) is 10.3. The van der Waals surface area contributed by atoms with Crippen LogP contribution in [0.2, 0.25) is 5.02 Å². The molecule has 3 rings (SSSR count). The Morgan fingerprint density at radius 2 is 1.81 bits per heavy atom. The highest BCUT2D eigenvalue weighted by Gasteiger charge is 2.22. The Morgan fingerprint density at radius 1 is 1.09 bits per heavy atom. The van der Waals surface area contributed by atoms with Gasteiger partial charge in [0.25, 0.3) is 0 Å². The zero-order valence-electron chi connectivity index (χ0n) is 17.5. The van der Waals surface area contributed by atoms with Gasteiger partial charge in [-0.1, -0.05) is 41.9 Å². The summed E-state index contributed by atoms with van der Waals surface area (Å²) in [6, 6.07) is 14.7. The molecular formula is C22H26ClN3O5S. The Kier molecular flexibility index (Phi) is 8.63. The molecule has 2 aromatic rings. The molecule has 0 bridgehead atoms. The van der Waals surface area contributed by atoms with Gasteiger partial charge >= 0.3 is 0 Å². The third-order valence-corrected chi connectivity index (χ3v) is 6.66. The zero-order chi connectivity index (χ0) is 23.0. The van der Waals surface area contributed by atoms with Gasteiger partial charge in [0.2, 0.25) is 21.8 Å². The minimum atomic E-state index is -3.85. The summed E-state index contributed by atoms with van der Waals surface area (Å²) in [4.78, 5) is 26.7. The maximum atomic E-state index is 12.9. The van der Waals surface area contributed by atoms with Crippen LogP contribution >= 0.6 is 11.6 Å². The number of sulfonamides is 1. The lowest BCUT2D eigenvalue weighted by Gasteiger charge is -2.23. The molecule has 2 N–H and O–H groups in total. The molecule has 0 radical (unpaired) electrons. The van der Waals surface area contributed by atoms with Gasteiger partial charge in [-0.05, 0) is 42.7 Å². The van der Waals surface area contributed by atoms with Crippen LogP contribution in [-0.4, -0.2) is 57.5 Å². The van der Waals surface area contributed by atoms with Crippen LogP contribution in [0.5, 0.6) is 0 Å². The van der Waals surface area contributed by atoms with E-state index >= 15 is 0 Å². The molecule has 0 aliphatic carbocycles. The molecule has 0 aromatic heterocycles. The second-order valence-corrected chi connectivity index (χ2v) is 9.66. The molecule has 172 valence electrons. The van der Waals surface area contributed by atoms with E-state index in [4.69, 9.17) is 16.3 Å². The highest BCUT2D eigenvalue weighted by molar-refractivity contribution is 7.89. The SMILES string of the molecule is O=C(CN(Cc1ccc(Cl)cc1)C(=O)CNS(=O)(=O)c1ccccc1)NC[C@@H]1CCCO1. The van der Waals surface area contributed by atoms with Gasteiger partial charge in [0.05, 0.1) is 24.1 Å². The van der Waals surface area contributed by atoms with Crippen LogP contribution in [0.4, 0.5) is 0 Å². The van der Waals surface area contributed by atoms with Crippen molar-refractivity contribution in [3.05, 3.63) is 65.2 Å². The molecule has 1 aliphatic rings. The quantitative estimate of drug-likeness (QED) is 0.542. The molecular weight excluding hydrogens is 454 g/mol. The van der Waals surface area contributed by atoms with Crippen LogP contribution in [0.1, 0.15) is 18.4 Å². The number of nitrogens with zero attached hydrogens (tertiary/aromatic N) is 1. The number of carbonyl (C=O) groups excluding carboxylic acids is 2. The standard InChI is InChI=1S/C22H26ClN3O5S/c23-18-10-8-17(9-11-18)15-26(16-21(27)24-13-19-5-4-12-31-19)22(28)14-25-32(29,30)20-6-2-1-3-7-20/h1-3,6-11,19,25H,4-5,12-16H2,(H,24,27)/t19-/m0/s1. The molecule has 1 heterocycles. The lowest BCUT2D eigenvalue weighted by Crippen LogP contribution is -2.45. The second kappa shape index (κ2) is 11.4. The van der Waals surface area contributed by atoms with Gasteiger partial charge in [-0.3, -0.25) is 9.59 Å². The van der Waals surface area contributed by atoms with Crippen molar-refractivity contribution in [3.8, 4) is 0 Å². The van der Waals surface area contributed by atoms with Crippen molar-refractivity contribution >= 4 is 33.4 Å². The maximum Gasteiger partial charge on any atom is 0.241 e. The summed E-state index contributed by atoms with van der Waals surface area (Å²) < 4.78 is 32.7. The molecule has 0 saturated carbocycles. The van der Waals surface area contributed by atoms with Crippen molar-refractivity contribution in [2.24, 2.45) is 0 Å². The Morgan fingerprint density at radius 3 is 2.47 bits per heavy atom. The number of carbonyl (C=O) groups is 2. The average molecular weight is 480 g/mol. The zero-order valence-corrected chi connectivity index (χ0v) is 19.1. The maximum absolute atomic E-state index is 12.9. The fourth-order valence-corrected chi connectivity index (χ4v) is 4.38. The van der Waals surface area contributed by atoms with Crippen molar-refractivity contribution < 1.29 is 22.7 Å². The monoisotopic (exact) mass is 479 g/mol. The van der Waals surface area contributed by atoms with Crippen molar-refractivity contribution in [2.45, 2.75) is 30.4 Å². The summed E-state index contributed by atoms with van der Waals surface area (Å²) in [6.07, 6.45) is 1.83. The van der Waals surface area contributed by atoms with Gasteiger partial charge in [-0.15, -0.1) is 0 Å². The molecule has 10 heteroatoms. The average Bonchev–Trinajstić information content (AvgIpc) is 3.31. The number of hydrogen-bond donors (Lipinski definition) is 2. The minimum Gasteiger partial charge on any atom is -0.376 e. The van der Waals surface area contributed by atoms with Crippen LogP contribution in [0, 0.1) is 0 Å². The van der Waals surface area contributed by atoms with Crippen LogP contribution < -0.4 is 10.0 Å². The van der Waals surface area contributed by atoms with Crippen molar-refractivity contribution in [1.29, 1.82) is 0 Å². The van der Waals surface area contributed by atoms with Crippen molar-refractivity contribution in [1.82, 2.24) is 14.9 Å². The summed E-state index contributed by atoms with van der Waals surface area (Å²) in [6.45, 7) is 0.521. The van der Waals surface area contributed by atoms with Crippen molar-refractivity contribution in [2.75, 3.05) is 26.2 Å². The van der Waals surface area contributed by atoms with Gasteiger partial charge in [-0.2, -0.15) is 0 Å². The molecule has 2 amide bonds. The molecule has 0 spiro atoms. The highest BCUT2D eigenvalue weighted by Crippen LogP contribution is 2.13. The number of amides is 2. The predicted octanol–water partition coefficient (Wildman–Crippen LogP) is 1.94. The smallest absolute Gasteiger partial charge is 0.241 e. The van der Waals surface area contributed by atoms with E-state index in [-0.39, 0.29) is 30.0 Å². The van der Waals surface area contributed by atoms with E-state index < -0.39 is 22.5 Å². The van der Waals surface area contributed by atoms with E-state index in [0.29, 0.717) is 18.2 Å². The van der Waals surface area contributed by atoms with Gasteiger partial charge in [0.15, 0.2) is 0 Å². The first kappa shape index (κ1) is 24.2. The Balaban J connectivity index is 1.63. The normalized spacial score (nSPS) is 16.0. The fourth-order valence-electron chi connectivity index (χ4n) is 3.26. The van der Waals surface area contributed by atoms with E-state index in [2.05, 4.69) is 10.0 Å². The number of halogens is 1. The Hall–Kier alpha value is -2.46. The summed E-state index contributed by atoms with van der Waals surface area (Å²) >= 11 is 5.92. The first-order valence-corrected chi connectivity index (χ1v) is 12.1. The minimum absolute atomic E-state index is 0.0166. The molecule has 1 saturated heterocycles. The lowest BCUT2D eigenvalue weighted by atomic mass is 10.2. The van der Waals surface area contributed by atoms with E-state index in [1.165, 1.54) is 17.0 Å². The van der Waals surface area contributed by atoms with Gasteiger partial charge < -0.3 is 15.0 Å².